The molecule has 0 bridgehead atoms. The van der Waals surface area contributed by atoms with Crippen molar-refractivity contribution in [2.45, 2.75) is 12.3 Å². The third-order valence-corrected chi connectivity index (χ3v) is 5.84. The number of thiophene rings is 1. The summed E-state index contributed by atoms with van der Waals surface area (Å²) in [4.78, 5) is 34.7. The molecule has 0 unspecified atom stereocenters. The van der Waals surface area contributed by atoms with Crippen LogP contribution in [0.5, 0.6) is 0 Å². The van der Waals surface area contributed by atoms with Gasteiger partial charge in [0.2, 0.25) is 0 Å². The Kier molecular flexibility index (Phi) is 4.20. The van der Waals surface area contributed by atoms with Gasteiger partial charge in [-0.1, -0.05) is 6.07 Å². The average Bonchev–Trinajstić information content (AvgIpc) is 3.38. The number of pyridine rings is 1. The maximum atomic E-state index is 12.7. The number of aromatic nitrogens is 3. The van der Waals surface area contributed by atoms with Gasteiger partial charge in [-0.3, -0.25) is 14.7 Å². The summed E-state index contributed by atoms with van der Waals surface area (Å²) in [5, 5.41) is 7.60. The first kappa shape index (κ1) is 16.7. The number of likely N-dealkylation sites (tertiary alicyclic amines) is 1. The van der Waals surface area contributed by atoms with E-state index in [9.17, 15) is 9.59 Å². The number of hydrogen-bond donors (Lipinski definition) is 1. The second kappa shape index (κ2) is 6.53. The van der Waals surface area contributed by atoms with Crippen LogP contribution in [0.15, 0.2) is 30.6 Å². The number of aromatic amines is 1. The Labute approximate surface area is 154 Å². The van der Waals surface area contributed by atoms with Crippen molar-refractivity contribution in [2.24, 2.45) is 0 Å². The second-order valence-corrected chi connectivity index (χ2v) is 7.61. The smallest absolute Gasteiger partial charge is 0.271 e. The van der Waals surface area contributed by atoms with Crippen molar-refractivity contribution >= 4 is 33.4 Å². The van der Waals surface area contributed by atoms with Gasteiger partial charge in [-0.25, -0.2) is 4.98 Å². The molecule has 7 nitrogen and oxygen atoms in total. The van der Waals surface area contributed by atoms with Crippen LogP contribution in [0.1, 0.15) is 38.1 Å². The van der Waals surface area contributed by atoms with Gasteiger partial charge >= 0.3 is 0 Å². The van der Waals surface area contributed by atoms with E-state index in [1.807, 2.05) is 17.0 Å². The van der Waals surface area contributed by atoms with Gasteiger partial charge in [-0.05, 0) is 24.1 Å². The molecule has 1 N–H and O–H groups in total. The number of nitrogens with zero attached hydrogens (tertiary/aromatic N) is 4. The lowest BCUT2D eigenvalue weighted by atomic mass is 9.95. The zero-order chi connectivity index (χ0) is 18.3. The molecule has 1 fully saturated rings. The summed E-state index contributed by atoms with van der Waals surface area (Å²) in [6, 6.07) is 5.59. The summed E-state index contributed by atoms with van der Waals surface area (Å²) in [5.41, 5.74) is 1.52. The fourth-order valence-electron chi connectivity index (χ4n) is 3.44. The van der Waals surface area contributed by atoms with Gasteiger partial charge in [-0.2, -0.15) is 5.10 Å². The van der Waals surface area contributed by atoms with Gasteiger partial charge in [0.15, 0.2) is 0 Å². The molecule has 0 aromatic carbocycles. The zero-order valence-electron chi connectivity index (χ0n) is 14.6. The summed E-state index contributed by atoms with van der Waals surface area (Å²) < 4.78 is 0. The first-order chi connectivity index (χ1) is 12.6. The molecule has 1 aliphatic heterocycles. The Balaban J connectivity index is 1.69. The molecule has 2 amide bonds. The van der Waals surface area contributed by atoms with Crippen LogP contribution in [0, 0.1) is 0 Å². The Bertz CT molecular complexity index is 963. The highest BCUT2D eigenvalue weighted by molar-refractivity contribution is 7.20. The predicted molar refractivity (Wildman–Crippen MR) is 99.5 cm³/mol. The van der Waals surface area contributed by atoms with Crippen molar-refractivity contribution in [2.75, 3.05) is 27.2 Å². The summed E-state index contributed by atoms with van der Waals surface area (Å²) in [6.45, 7) is 1.25. The third kappa shape index (κ3) is 2.76. The molecule has 1 saturated heterocycles. The lowest BCUT2D eigenvalue weighted by Crippen LogP contribution is -2.29. The minimum Gasteiger partial charge on any atom is -0.344 e. The Hall–Kier alpha value is -2.74. The fourth-order valence-corrected chi connectivity index (χ4v) is 4.70. The number of amides is 2. The minimum absolute atomic E-state index is 0.0126. The molecule has 3 aromatic heterocycles. The molecule has 4 rings (SSSR count). The van der Waals surface area contributed by atoms with E-state index in [0.29, 0.717) is 18.8 Å². The maximum absolute atomic E-state index is 12.7. The van der Waals surface area contributed by atoms with Crippen LogP contribution >= 0.6 is 11.3 Å². The Morgan fingerprint density at radius 2 is 2.15 bits per heavy atom. The largest absolute Gasteiger partial charge is 0.344 e. The van der Waals surface area contributed by atoms with Gasteiger partial charge in [0.1, 0.15) is 10.5 Å². The summed E-state index contributed by atoms with van der Waals surface area (Å²) in [7, 11) is 3.51. The standard InChI is InChI=1S/C18H19N5O2S/c1-22(2)18(25)15-14(12-4-3-7-19-16(12)26-15)11-6-9-23(10-11)17(24)13-5-8-20-21-13/h3-5,7-8,11H,6,9-10H2,1-2H3,(H,20,21)/t11-/m0/s1. The number of hydrogen-bond acceptors (Lipinski definition) is 5. The van der Waals surface area contributed by atoms with Gasteiger partial charge in [0, 0.05) is 50.9 Å². The van der Waals surface area contributed by atoms with Gasteiger partial charge in [-0.15, -0.1) is 11.3 Å². The molecule has 3 aromatic rings. The van der Waals surface area contributed by atoms with Crippen LogP contribution in [0.25, 0.3) is 10.2 Å². The molecular formula is C18H19N5O2S. The SMILES string of the molecule is CN(C)C(=O)c1sc2ncccc2c1[C@H]1CCN(C(=O)c2ccn[nH]2)C1. The summed E-state index contributed by atoms with van der Waals surface area (Å²) in [5.74, 6) is 0.0585. The lowest BCUT2D eigenvalue weighted by Gasteiger charge is -2.17. The highest BCUT2D eigenvalue weighted by Gasteiger charge is 2.33. The molecular weight excluding hydrogens is 350 g/mol. The molecule has 26 heavy (non-hydrogen) atoms. The van der Waals surface area contributed by atoms with Gasteiger partial charge < -0.3 is 9.80 Å². The van der Waals surface area contributed by atoms with Crippen molar-refractivity contribution in [1.82, 2.24) is 25.0 Å². The second-order valence-electron chi connectivity index (χ2n) is 6.61. The van der Waals surface area contributed by atoms with E-state index in [1.165, 1.54) is 11.3 Å². The number of nitrogens with one attached hydrogen (secondary N) is 1. The molecule has 0 radical (unpaired) electrons. The minimum atomic E-state index is -0.0526. The molecule has 8 heteroatoms. The van der Waals surface area contributed by atoms with E-state index < -0.39 is 0 Å². The van der Waals surface area contributed by atoms with Crippen LogP contribution in [0.3, 0.4) is 0 Å². The molecule has 0 aliphatic carbocycles. The van der Waals surface area contributed by atoms with Crippen LogP contribution in [-0.2, 0) is 0 Å². The number of fused-ring (bicyclic) bond motifs is 1. The van der Waals surface area contributed by atoms with E-state index in [1.54, 1.807) is 37.5 Å². The average molecular weight is 369 g/mol. The first-order valence-corrected chi connectivity index (χ1v) is 9.25. The van der Waals surface area contributed by atoms with Crippen LogP contribution < -0.4 is 0 Å². The van der Waals surface area contributed by atoms with Crippen molar-refractivity contribution in [3.8, 4) is 0 Å². The lowest BCUT2D eigenvalue weighted by molar-refractivity contribution is 0.0785. The van der Waals surface area contributed by atoms with Crippen molar-refractivity contribution in [3.63, 3.8) is 0 Å². The summed E-state index contributed by atoms with van der Waals surface area (Å²) >= 11 is 1.43. The van der Waals surface area contributed by atoms with Crippen molar-refractivity contribution < 1.29 is 9.59 Å². The van der Waals surface area contributed by atoms with Gasteiger partial charge in [0.05, 0.1) is 4.88 Å². The highest BCUT2D eigenvalue weighted by Crippen LogP contribution is 2.39. The van der Waals surface area contributed by atoms with E-state index in [-0.39, 0.29) is 17.7 Å². The third-order valence-electron chi connectivity index (χ3n) is 4.72. The molecule has 1 atom stereocenters. The van der Waals surface area contributed by atoms with E-state index in [2.05, 4.69) is 15.2 Å². The molecule has 134 valence electrons. The molecule has 0 saturated carbocycles. The summed E-state index contributed by atoms with van der Waals surface area (Å²) in [6.07, 6.45) is 4.15. The number of rotatable bonds is 3. The Morgan fingerprint density at radius 3 is 2.88 bits per heavy atom. The fraction of sp³-hybridized carbons (Fsp3) is 0.333. The number of carbonyl (C=O) groups excluding carboxylic acids is 2. The van der Waals surface area contributed by atoms with Crippen LogP contribution in [-0.4, -0.2) is 64.0 Å². The van der Waals surface area contributed by atoms with Crippen LogP contribution in [0.4, 0.5) is 0 Å². The number of H-pyrrole nitrogens is 1. The van der Waals surface area contributed by atoms with E-state index >= 15 is 0 Å². The van der Waals surface area contributed by atoms with E-state index in [0.717, 1.165) is 27.1 Å². The topological polar surface area (TPSA) is 82.2 Å². The van der Waals surface area contributed by atoms with Crippen molar-refractivity contribution in [3.05, 3.63) is 46.7 Å². The molecule has 0 spiro atoms. The zero-order valence-corrected chi connectivity index (χ0v) is 15.4. The van der Waals surface area contributed by atoms with Crippen molar-refractivity contribution in [1.29, 1.82) is 0 Å². The normalized spacial score (nSPS) is 17.0. The van der Waals surface area contributed by atoms with Gasteiger partial charge in [0.25, 0.3) is 11.8 Å². The maximum Gasteiger partial charge on any atom is 0.271 e. The Morgan fingerprint density at radius 1 is 1.31 bits per heavy atom. The highest BCUT2D eigenvalue weighted by atomic mass is 32.1. The first-order valence-electron chi connectivity index (χ1n) is 8.44. The molecule has 1 aliphatic rings. The van der Waals surface area contributed by atoms with E-state index in [4.69, 9.17) is 0 Å². The predicted octanol–water partition coefficient (Wildman–Crippen LogP) is 2.35. The monoisotopic (exact) mass is 369 g/mol. The number of carbonyl (C=O) groups is 2. The molecule has 4 heterocycles. The quantitative estimate of drug-likeness (QED) is 0.768. The van der Waals surface area contributed by atoms with Crippen LogP contribution in [0.2, 0.25) is 0 Å².